The molecule has 14 heteroatoms. The number of hydrogen-bond donors (Lipinski definition) is 0. The molecule has 0 aliphatic carbocycles. The molecule has 8 nitrogen and oxygen atoms in total. The number of halogens is 6. The topological polar surface area (TPSA) is 105 Å². The third-order valence-corrected chi connectivity index (χ3v) is 3.58. The molecule has 0 heterocycles. The van der Waals surface area contributed by atoms with E-state index >= 15 is 0 Å². The van der Waals surface area contributed by atoms with Gasteiger partial charge in [-0.15, -0.1) is 0 Å². The lowest BCUT2D eigenvalue weighted by molar-refractivity contribution is -0.162. The van der Waals surface area contributed by atoms with Crippen LogP contribution < -0.4 is 0 Å². The Kier molecular flexibility index (Phi) is 17.3. The second-order valence-corrected chi connectivity index (χ2v) is 6.52. The van der Waals surface area contributed by atoms with Crippen molar-refractivity contribution in [1.82, 2.24) is 0 Å². The largest absolute Gasteiger partial charge is 0.465 e. The first kappa shape index (κ1) is 33.4. The molecule has 34 heavy (non-hydrogen) atoms. The highest BCUT2D eigenvalue weighted by molar-refractivity contribution is 5.81. The molecule has 0 aromatic rings. The van der Waals surface area contributed by atoms with E-state index in [-0.39, 0.29) is 32.0 Å². The molecule has 0 saturated heterocycles. The monoisotopic (exact) mass is 510 g/mol. The molecule has 0 fully saturated rings. The molecule has 0 rings (SSSR count). The lowest BCUT2D eigenvalue weighted by atomic mass is 10.1. The van der Waals surface area contributed by atoms with Crippen molar-refractivity contribution in [3.63, 3.8) is 0 Å². The Labute approximate surface area is 192 Å². The van der Waals surface area contributed by atoms with Crippen molar-refractivity contribution in [3.05, 3.63) is 12.7 Å². The summed E-state index contributed by atoms with van der Waals surface area (Å²) < 4.78 is 87.9. The molecule has 198 valence electrons. The van der Waals surface area contributed by atoms with Crippen molar-refractivity contribution in [1.29, 1.82) is 0 Å². The number of carbonyl (C=O) groups excluding carboxylic acids is 4. The maximum Gasteiger partial charge on any atom is 0.392 e. The van der Waals surface area contributed by atoms with Crippen molar-refractivity contribution >= 4 is 23.9 Å². The van der Waals surface area contributed by atoms with Gasteiger partial charge in [0.05, 0.1) is 44.8 Å². The van der Waals surface area contributed by atoms with Crippen LogP contribution >= 0.6 is 0 Å². The number of carbonyl (C=O) groups is 4. The molecule has 0 radical (unpaired) electrons. The van der Waals surface area contributed by atoms with E-state index in [1.54, 1.807) is 6.92 Å². The van der Waals surface area contributed by atoms with Gasteiger partial charge in [-0.05, 0) is 6.42 Å². The van der Waals surface area contributed by atoms with Gasteiger partial charge in [-0.1, -0.05) is 20.4 Å². The molecule has 0 aliphatic rings. The Bertz CT molecular complexity index is 646. The summed E-state index contributed by atoms with van der Waals surface area (Å²) in [7, 11) is 0. The Morgan fingerprint density at radius 2 is 1.18 bits per heavy atom. The van der Waals surface area contributed by atoms with Gasteiger partial charge in [-0.3, -0.25) is 14.4 Å². The van der Waals surface area contributed by atoms with Crippen molar-refractivity contribution in [2.45, 2.75) is 58.3 Å². The molecular weight excluding hydrogens is 482 g/mol. The summed E-state index contributed by atoms with van der Waals surface area (Å²) in [5, 5.41) is 0. The first-order valence-corrected chi connectivity index (χ1v) is 10.0. The Balaban J connectivity index is 0. The first-order valence-electron chi connectivity index (χ1n) is 10.0. The standard InChI is InChI=1S/C11H17F3O4.C9H11F3O4/c1-3-8(2)10(16)18-6-4-9(15)17-7-5-11(12,13)14;1-2-7(13)15-5-3-8(14)16-6-4-9(10,11)12/h8H,3-7H2,1-2H3;2H,1,3-6H2. The summed E-state index contributed by atoms with van der Waals surface area (Å²) in [6.07, 6.45) is -10.0. The predicted octanol–water partition coefficient (Wildman–Crippen LogP) is 4.06. The second kappa shape index (κ2) is 17.6. The Hall–Kier alpha value is -2.80. The smallest absolute Gasteiger partial charge is 0.392 e. The zero-order valence-electron chi connectivity index (χ0n) is 18.8. The van der Waals surface area contributed by atoms with Crippen LogP contribution in [0.25, 0.3) is 0 Å². The minimum absolute atomic E-state index is 0.173. The Morgan fingerprint density at radius 3 is 1.53 bits per heavy atom. The van der Waals surface area contributed by atoms with Crippen LogP contribution in [-0.4, -0.2) is 62.7 Å². The normalized spacial score (nSPS) is 11.9. The van der Waals surface area contributed by atoms with Crippen molar-refractivity contribution < 1.29 is 64.5 Å². The fraction of sp³-hybridized carbons (Fsp3) is 0.700. The zero-order chi connectivity index (χ0) is 26.8. The maximum absolute atomic E-state index is 11.7. The van der Waals surface area contributed by atoms with Crippen molar-refractivity contribution in [2.24, 2.45) is 5.92 Å². The number of hydrogen-bond acceptors (Lipinski definition) is 8. The van der Waals surface area contributed by atoms with E-state index in [1.165, 1.54) is 0 Å². The first-order chi connectivity index (χ1) is 15.6. The van der Waals surface area contributed by atoms with E-state index in [0.29, 0.717) is 6.42 Å². The van der Waals surface area contributed by atoms with Gasteiger partial charge in [-0.25, -0.2) is 4.79 Å². The molecule has 1 atom stereocenters. The van der Waals surface area contributed by atoms with Crippen LogP contribution in [0, 0.1) is 5.92 Å². The third kappa shape index (κ3) is 23.9. The third-order valence-electron chi connectivity index (χ3n) is 3.58. The Morgan fingerprint density at radius 1 is 0.765 bits per heavy atom. The van der Waals surface area contributed by atoms with Gasteiger partial charge < -0.3 is 18.9 Å². The van der Waals surface area contributed by atoms with Crippen LogP contribution in [0.3, 0.4) is 0 Å². The average Bonchev–Trinajstić information content (AvgIpc) is 2.71. The number of ether oxygens (including phenoxy) is 4. The van der Waals surface area contributed by atoms with E-state index in [2.05, 4.69) is 20.8 Å². The van der Waals surface area contributed by atoms with Gasteiger partial charge in [0.2, 0.25) is 0 Å². The molecule has 0 aromatic heterocycles. The summed E-state index contributed by atoms with van der Waals surface area (Å²) >= 11 is 0. The molecular formula is C20H28F6O8. The van der Waals surface area contributed by atoms with Gasteiger partial charge in [0.15, 0.2) is 0 Å². The molecule has 0 N–H and O–H groups in total. The summed E-state index contributed by atoms with van der Waals surface area (Å²) in [5.74, 6) is -3.05. The van der Waals surface area contributed by atoms with Crippen LogP contribution in [0.1, 0.15) is 46.0 Å². The lowest BCUT2D eigenvalue weighted by Crippen LogP contribution is -2.18. The SMILES string of the molecule is C=CC(=O)OCCC(=O)OCCC(F)(F)F.CCC(C)C(=O)OCCC(=O)OCCC(F)(F)F. The van der Waals surface area contributed by atoms with Gasteiger partial charge in [0.25, 0.3) is 0 Å². The van der Waals surface area contributed by atoms with Gasteiger partial charge in [0.1, 0.15) is 13.2 Å². The molecule has 0 aromatic carbocycles. The van der Waals surface area contributed by atoms with E-state index < -0.39 is 62.3 Å². The minimum Gasteiger partial charge on any atom is -0.465 e. The van der Waals surface area contributed by atoms with Gasteiger partial charge in [-0.2, -0.15) is 26.3 Å². The highest BCUT2D eigenvalue weighted by Crippen LogP contribution is 2.19. The average molecular weight is 510 g/mol. The van der Waals surface area contributed by atoms with Crippen LogP contribution in [0.15, 0.2) is 12.7 Å². The summed E-state index contributed by atoms with van der Waals surface area (Å²) in [6.45, 7) is 4.78. The minimum atomic E-state index is -4.35. The molecule has 0 amide bonds. The molecule has 0 spiro atoms. The zero-order valence-corrected chi connectivity index (χ0v) is 18.8. The lowest BCUT2D eigenvalue weighted by Gasteiger charge is -2.09. The number of esters is 4. The summed E-state index contributed by atoms with van der Waals surface area (Å²) in [5.41, 5.74) is 0. The fourth-order valence-corrected chi connectivity index (χ4v) is 1.54. The quantitative estimate of drug-likeness (QED) is 0.158. The molecule has 1 unspecified atom stereocenters. The number of rotatable bonds is 13. The van der Waals surface area contributed by atoms with Gasteiger partial charge in [0, 0.05) is 6.08 Å². The maximum atomic E-state index is 11.7. The fourth-order valence-electron chi connectivity index (χ4n) is 1.54. The van der Waals surface area contributed by atoms with E-state index in [0.717, 1.165) is 6.08 Å². The van der Waals surface area contributed by atoms with E-state index in [9.17, 15) is 45.5 Å². The summed E-state index contributed by atoms with van der Waals surface area (Å²) in [6, 6.07) is 0. The predicted molar refractivity (Wildman–Crippen MR) is 104 cm³/mol. The van der Waals surface area contributed by atoms with Crippen molar-refractivity contribution in [3.8, 4) is 0 Å². The molecule has 0 bridgehead atoms. The van der Waals surface area contributed by atoms with E-state index in [4.69, 9.17) is 4.74 Å². The number of alkyl halides is 6. The van der Waals surface area contributed by atoms with Crippen LogP contribution in [0.5, 0.6) is 0 Å². The highest BCUT2D eigenvalue weighted by Gasteiger charge is 2.28. The van der Waals surface area contributed by atoms with Gasteiger partial charge >= 0.3 is 36.2 Å². The van der Waals surface area contributed by atoms with Crippen LogP contribution in [0.4, 0.5) is 26.3 Å². The highest BCUT2D eigenvalue weighted by atomic mass is 19.4. The summed E-state index contributed by atoms with van der Waals surface area (Å²) in [4.78, 5) is 43.4. The molecule has 0 aliphatic heterocycles. The van der Waals surface area contributed by atoms with Crippen LogP contribution in [0.2, 0.25) is 0 Å². The van der Waals surface area contributed by atoms with E-state index in [1.807, 2.05) is 6.92 Å². The molecule has 0 saturated carbocycles. The van der Waals surface area contributed by atoms with Crippen LogP contribution in [-0.2, 0) is 38.1 Å². The second-order valence-electron chi connectivity index (χ2n) is 6.52. The van der Waals surface area contributed by atoms with Crippen molar-refractivity contribution in [2.75, 3.05) is 26.4 Å².